The highest BCUT2D eigenvalue weighted by Gasteiger charge is 2.43. The normalized spacial score (nSPS) is 19.1. The molecule has 5 atom stereocenters. The first-order valence-electron chi connectivity index (χ1n) is 13.4. The molecule has 1 heterocycles. The molecular weight excluding hydrogens is 539 g/mol. The summed E-state index contributed by atoms with van der Waals surface area (Å²) in [5.74, 6) is -2.38. The Kier molecular flexibility index (Phi) is 10.5. The monoisotopic (exact) mass is 575 g/mol. The summed E-state index contributed by atoms with van der Waals surface area (Å²) in [4.78, 5) is 53.6. The van der Waals surface area contributed by atoms with Crippen LogP contribution < -0.4 is 21.7 Å². The van der Waals surface area contributed by atoms with E-state index in [1.807, 2.05) is 30.3 Å². The van der Waals surface area contributed by atoms with Gasteiger partial charge in [-0.2, -0.15) is 13.2 Å². The molecule has 0 aliphatic carbocycles. The molecule has 2 aromatic rings. The second-order valence-electron chi connectivity index (χ2n) is 10.2. The second-order valence-corrected chi connectivity index (χ2v) is 10.2. The second kappa shape index (κ2) is 13.6. The summed E-state index contributed by atoms with van der Waals surface area (Å²) in [5, 5.41) is 7.73. The van der Waals surface area contributed by atoms with Crippen molar-refractivity contribution in [1.29, 1.82) is 0 Å². The Morgan fingerprint density at radius 2 is 1.68 bits per heavy atom. The average Bonchev–Trinajstić information content (AvgIpc) is 3.40. The number of hydrogen-bond donors (Lipinski definition) is 4. The minimum atomic E-state index is -4.56. The molecule has 1 saturated heterocycles. The minimum Gasteiger partial charge on any atom is -0.357 e. The molecule has 0 saturated carbocycles. The molecule has 5 unspecified atom stereocenters. The molecule has 0 radical (unpaired) electrons. The molecule has 5 N–H and O–H groups in total. The molecule has 12 heteroatoms. The van der Waals surface area contributed by atoms with Crippen molar-refractivity contribution in [3.63, 3.8) is 0 Å². The fraction of sp³-hybridized carbons (Fsp3) is 0.448. The van der Waals surface area contributed by atoms with Gasteiger partial charge in [0.25, 0.3) is 0 Å². The van der Waals surface area contributed by atoms with Gasteiger partial charge in [0.05, 0.1) is 11.6 Å². The first kappa shape index (κ1) is 31.6. The van der Waals surface area contributed by atoms with E-state index in [-0.39, 0.29) is 37.3 Å². The van der Waals surface area contributed by atoms with E-state index >= 15 is 0 Å². The van der Waals surface area contributed by atoms with Gasteiger partial charge < -0.3 is 26.6 Å². The smallest absolute Gasteiger partial charge is 0.357 e. The van der Waals surface area contributed by atoms with Gasteiger partial charge in [0, 0.05) is 25.9 Å². The van der Waals surface area contributed by atoms with Gasteiger partial charge in [0.1, 0.15) is 18.1 Å². The van der Waals surface area contributed by atoms with Gasteiger partial charge in [-0.15, -0.1) is 0 Å². The fourth-order valence-corrected chi connectivity index (χ4v) is 4.90. The van der Waals surface area contributed by atoms with E-state index in [9.17, 15) is 32.3 Å². The molecule has 2 aromatic carbocycles. The molecule has 4 amide bonds. The van der Waals surface area contributed by atoms with Gasteiger partial charge in [-0.25, -0.2) is 0 Å². The zero-order valence-corrected chi connectivity index (χ0v) is 23.2. The highest BCUT2D eigenvalue weighted by Crippen LogP contribution is 2.33. The predicted octanol–water partition coefficient (Wildman–Crippen LogP) is 2.11. The first-order chi connectivity index (χ1) is 19.3. The standard InChI is InChI=1S/C29H36F3N5O4/c1-4-22(35-25(38)17(2)33)28(41)37-16-20(19-10-6-5-7-11-19)15-24(37)27(40)36-23(26(39)34-3)14-18-9-8-12-21(13-18)29(30,31)32/h5-13,17,20,22-24H,4,14-16,33H2,1-3H3,(H,34,39)(H,35,38)(H,36,40). The summed E-state index contributed by atoms with van der Waals surface area (Å²) < 4.78 is 39.7. The van der Waals surface area contributed by atoms with E-state index in [0.29, 0.717) is 0 Å². The van der Waals surface area contributed by atoms with E-state index in [1.165, 1.54) is 31.0 Å². The summed E-state index contributed by atoms with van der Waals surface area (Å²) in [5.41, 5.74) is 5.92. The van der Waals surface area contributed by atoms with Crippen molar-refractivity contribution in [3.05, 3.63) is 71.3 Å². The summed E-state index contributed by atoms with van der Waals surface area (Å²) in [6, 6.07) is 9.96. The number of benzene rings is 2. The molecule has 222 valence electrons. The van der Waals surface area contributed by atoms with E-state index in [1.54, 1.807) is 6.92 Å². The zero-order valence-electron chi connectivity index (χ0n) is 23.2. The number of nitrogens with one attached hydrogen (secondary N) is 3. The summed E-state index contributed by atoms with van der Waals surface area (Å²) in [7, 11) is 1.36. The van der Waals surface area contributed by atoms with Crippen LogP contribution in [-0.2, 0) is 31.8 Å². The third-order valence-electron chi connectivity index (χ3n) is 7.17. The Labute approximate surface area is 237 Å². The lowest BCUT2D eigenvalue weighted by Crippen LogP contribution is -2.57. The lowest BCUT2D eigenvalue weighted by Gasteiger charge is -2.29. The molecule has 1 aliphatic heterocycles. The van der Waals surface area contributed by atoms with Gasteiger partial charge in [0.15, 0.2) is 0 Å². The first-order valence-corrected chi connectivity index (χ1v) is 13.4. The van der Waals surface area contributed by atoms with Crippen molar-refractivity contribution < 1.29 is 32.3 Å². The van der Waals surface area contributed by atoms with E-state index in [4.69, 9.17) is 5.73 Å². The summed E-state index contributed by atoms with van der Waals surface area (Å²) >= 11 is 0. The number of halogens is 3. The summed E-state index contributed by atoms with van der Waals surface area (Å²) in [6.07, 6.45) is -4.25. The number of likely N-dealkylation sites (tertiary alicyclic amines) is 1. The van der Waals surface area contributed by atoms with Crippen LogP contribution in [0.3, 0.4) is 0 Å². The Morgan fingerprint density at radius 3 is 2.27 bits per heavy atom. The van der Waals surface area contributed by atoms with E-state index in [2.05, 4.69) is 16.0 Å². The van der Waals surface area contributed by atoms with Crippen molar-refractivity contribution in [2.24, 2.45) is 5.73 Å². The van der Waals surface area contributed by atoms with Gasteiger partial charge >= 0.3 is 6.18 Å². The number of carbonyl (C=O) groups is 4. The molecule has 3 rings (SSSR count). The number of alkyl halides is 3. The Balaban J connectivity index is 1.87. The van der Waals surface area contributed by atoms with Crippen LogP contribution in [0.25, 0.3) is 0 Å². The van der Waals surface area contributed by atoms with Crippen LogP contribution in [0.4, 0.5) is 13.2 Å². The Bertz CT molecular complexity index is 1240. The molecule has 0 spiro atoms. The lowest BCUT2D eigenvalue weighted by atomic mass is 9.96. The average molecular weight is 576 g/mol. The van der Waals surface area contributed by atoms with Crippen molar-refractivity contribution in [2.75, 3.05) is 13.6 Å². The molecule has 1 fully saturated rings. The van der Waals surface area contributed by atoms with Crippen molar-refractivity contribution in [2.45, 2.75) is 69.4 Å². The minimum absolute atomic E-state index is 0.194. The van der Waals surface area contributed by atoms with Crippen LogP contribution in [0, 0.1) is 0 Å². The van der Waals surface area contributed by atoms with Crippen LogP contribution in [0.15, 0.2) is 54.6 Å². The number of carbonyl (C=O) groups excluding carboxylic acids is 4. The quantitative estimate of drug-likeness (QED) is 0.345. The maximum atomic E-state index is 13.7. The van der Waals surface area contributed by atoms with E-state index in [0.717, 1.165) is 17.7 Å². The third-order valence-corrected chi connectivity index (χ3v) is 7.17. The van der Waals surface area contributed by atoms with Gasteiger partial charge in [-0.1, -0.05) is 55.5 Å². The van der Waals surface area contributed by atoms with Crippen molar-refractivity contribution in [1.82, 2.24) is 20.9 Å². The fourth-order valence-electron chi connectivity index (χ4n) is 4.90. The van der Waals surface area contributed by atoms with Crippen molar-refractivity contribution in [3.8, 4) is 0 Å². The lowest BCUT2D eigenvalue weighted by molar-refractivity contribution is -0.142. The Morgan fingerprint density at radius 1 is 1.00 bits per heavy atom. The highest BCUT2D eigenvalue weighted by molar-refractivity contribution is 5.95. The highest BCUT2D eigenvalue weighted by atomic mass is 19.4. The van der Waals surface area contributed by atoms with Crippen LogP contribution in [0.5, 0.6) is 0 Å². The predicted molar refractivity (Wildman–Crippen MR) is 146 cm³/mol. The zero-order chi connectivity index (χ0) is 30.3. The van der Waals surface area contributed by atoms with E-state index < -0.39 is 59.5 Å². The topological polar surface area (TPSA) is 134 Å². The number of rotatable bonds is 10. The van der Waals surface area contributed by atoms with Gasteiger partial charge in [0.2, 0.25) is 23.6 Å². The van der Waals surface area contributed by atoms with Crippen molar-refractivity contribution >= 4 is 23.6 Å². The molecule has 0 bridgehead atoms. The maximum Gasteiger partial charge on any atom is 0.416 e. The number of hydrogen-bond acceptors (Lipinski definition) is 5. The SMILES string of the molecule is CCC(NC(=O)C(C)N)C(=O)N1CC(c2ccccc2)CC1C(=O)NC(Cc1cccc(C(F)(F)F)c1)C(=O)NC. The number of amides is 4. The Hall–Kier alpha value is -3.93. The molecule has 0 aromatic heterocycles. The maximum absolute atomic E-state index is 13.7. The van der Waals surface area contributed by atoms with Crippen LogP contribution >= 0.6 is 0 Å². The third kappa shape index (κ3) is 8.06. The van der Waals surface area contributed by atoms with Crippen LogP contribution in [-0.4, -0.2) is 66.3 Å². The van der Waals surface area contributed by atoms with Crippen LogP contribution in [0.1, 0.15) is 49.3 Å². The van der Waals surface area contributed by atoms with Gasteiger partial charge in [-0.05, 0) is 37.0 Å². The molecule has 41 heavy (non-hydrogen) atoms. The number of nitrogens with zero attached hydrogens (tertiary/aromatic N) is 1. The van der Waals surface area contributed by atoms with Gasteiger partial charge in [-0.3, -0.25) is 19.2 Å². The number of nitrogens with two attached hydrogens (primary N) is 1. The van der Waals surface area contributed by atoms with Crippen LogP contribution in [0.2, 0.25) is 0 Å². The summed E-state index contributed by atoms with van der Waals surface area (Å²) in [6.45, 7) is 3.41. The molecule has 9 nitrogen and oxygen atoms in total. The molecule has 1 aliphatic rings. The largest absolute Gasteiger partial charge is 0.416 e. The number of likely N-dealkylation sites (N-methyl/N-ethyl adjacent to an activating group) is 1. The molecular formula is C29H36F3N5O4.